The Hall–Kier alpha value is -3.69. The molecule has 0 radical (unpaired) electrons. The van der Waals surface area contributed by atoms with Gasteiger partial charge in [-0.05, 0) is 49.3 Å². The predicted molar refractivity (Wildman–Crippen MR) is 135 cm³/mol. The summed E-state index contributed by atoms with van der Waals surface area (Å²) in [5, 5.41) is 7.98. The predicted octanol–water partition coefficient (Wildman–Crippen LogP) is 2.71. The molecular weight excluding hydrogens is 494 g/mol. The van der Waals surface area contributed by atoms with Crippen LogP contribution in [0.5, 0.6) is 0 Å². The lowest BCUT2D eigenvalue weighted by atomic mass is 9.86. The summed E-state index contributed by atoms with van der Waals surface area (Å²) in [6, 6.07) is 12.1. The van der Waals surface area contributed by atoms with Crippen LogP contribution in [-0.4, -0.2) is 46.5 Å². The molecule has 0 saturated heterocycles. The first-order valence-corrected chi connectivity index (χ1v) is 13.0. The van der Waals surface area contributed by atoms with E-state index in [1.165, 1.54) is 0 Å². The van der Waals surface area contributed by atoms with Crippen molar-refractivity contribution < 1.29 is 28.0 Å². The molecule has 2 saturated carbocycles. The molecule has 2 fully saturated rings. The Kier molecular flexibility index (Phi) is 8.81. The summed E-state index contributed by atoms with van der Waals surface area (Å²) >= 11 is 0. The molecule has 0 spiro atoms. The van der Waals surface area contributed by atoms with Crippen molar-refractivity contribution in [3.05, 3.63) is 66.0 Å². The number of halogens is 2. The fourth-order valence-corrected chi connectivity index (χ4v) is 4.64. The van der Waals surface area contributed by atoms with Crippen molar-refractivity contribution in [3.8, 4) is 0 Å². The van der Waals surface area contributed by atoms with Crippen LogP contribution in [0.2, 0.25) is 0 Å². The summed E-state index contributed by atoms with van der Waals surface area (Å²) in [7, 11) is 0. The normalized spacial score (nSPS) is 18.6. The summed E-state index contributed by atoms with van der Waals surface area (Å²) < 4.78 is 27.0. The number of carbonyl (C=O) groups excluding carboxylic acids is 4. The minimum Gasteiger partial charge on any atom is -0.344 e. The van der Waals surface area contributed by atoms with Crippen molar-refractivity contribution in [1.29, 1.82) is 0 Å². The zero-order valence-corrected chi connectivity index (χ0v) is 21.0. The monoisotopic (exact) mass is 526 g/mol. The van der Waals surface area contributed by atoms with Crippen LogP contribution in [0.3, 0.4) is 0 Å². The summed E-state index contributed by atoms with van der Waals surface area (Å²) in [4.78, 5) is 56.1. The standard InChI is InChI=1S/C28H32F2N4O4/c29-28(30)13-11-20(12-14-28)25(36)34-23(19-9-10-19)26(37)33-22(16-18-6-2-1-3-7-18)24(35)27(38)32-17-21-8-4-5-15-31-21/h1-8,15,19-20,22-23H,9-14,16-17H2,(H,32,38)(H,33,37)(H,34,36)/t22-,23-/m1/s1. The van der Waals surface area contributed by atoms with E-state index < -0.39 is 47.4 Å². The molecule has 3 N–H and O–H groups in total. The number of carbonyl (C=O) groups is 4. The van der Waals surface area contributed by atoms with Crippen LogP contribution in [0.1, 0.15) is 49.8 Å². The molecule has 0 unspecified atom stereocenters. The fourth-order valence-electron chi connectivity index (χ4n) is 4.64. The van der Waals surface area contributed by atoms with Gasteiger partial charge in [0.2, 0.25) is 23.5 Å². The van der Waals surface area contributed by atoms with Gasteiger partial charge in [0.25, 0.3) is 5.91 Å². The molecule has 1 heterocycles. The van der Waals surface area contributed by atoms with E-state index in [9.17, 15) is 28.0 Å². The molecule has 202 valence electrons. The molecule has 2 atom stereocenters. The first kappa shape index (κ1) is 27.3. The molecule has 2 aromatic rings. The molecule has 4 rings (SSSR count). The van der Waals surface area contributed by atoms with E-state index in [2.05, 4.69) is 20.9 Å². The van der Waals surface area contributed by atoms with Gasteiger partial charge < -0.3 is 16.0 Å². The minimum absolute atomic E-state index is 0.0542. The molecule has 38 heavy (non-hydrogen) atoms. The Morgan fingerprint density at radius 1 is 0.921 bits per heavy atom. The first-order valence-electron chi connectivity index (χ1n) is 13.0. The van der Waals surface area contributed by atoms with Gasteiger partial charge in [-0.1, -0.05) is 36.4 Å². The highest BCUT2D eigenvalue weighted by Crippen LogP contribution is 2.37. The van der Waals surface area contributed by atoms with Gasteiger partial charge in [0.05, 0.1) is 12.2 Å². The number of rotatable bonds is 11. The molecular formula is C28H32F2N4O4. The summed E-state index contributed by atoms with van der Waals surface area (Å²) in [6.45, 7) is 0.0542. The number of aromatic nitrogens is 1. The van der Waals surface area contributed by atoms with Crippen molar-refractivity contribution in [1.82, 2.24) is 20.9 Å². The molecule has 1 aromatic carbocycles. The van der Waals surface area contributed by atoms with E-state index in [4.69, 9.17) is 0 Å². The maximum atomic E-state index is 13.5. The average Bonchev–Trinajstić information content (AvgIpc) is 3.76. The number of pyridine rings is 1. The van der Waals surface area contributed by atoms with Crippen molar-refractivity contribution in [3.63, 3.8) is 0 Å². The molecule has 8 nitrogen and oxygen atoms in total. The Morgan fingerprint density at radius 2 is 1.61 bits per heavy atom. The Morgan fingerprint density at radius 3 is 2.24 bits per heavy atom. The number of ketones is 1. The molecule has 2 aliphatic carbocycles. The number of nitrogens with one attached hydrogen (secondary N) is 3. The van der Waals surface area contributed by atoms with Crippen LogP contribution in [0.15, 0.2) is 54.7 Å². The van der Waals surface area contributed by atoms with Crippen LogP contribution >= 0.6 is 0 Å². The van der Waals surface area contributed by atoms with Crippen molar-refractivity contribution in [2.75, 3.05) is 0 Å². The van der Waals surface area contributed by atoms with E-state index >= 15 is 0 Å². The van der Waals surface area contributed by atoms with Gasteiger partial charge in [-0.25, -0.2) is 8.78 Å². The minimum atomic E-state index is -2.76. The van der Waals surface area contributed by atoms with Gasteiger partial charge in [0.15, 0.2) is 0 Å². The fraction of sp³-hybridized carbons (Fsp3) is 0.464. The second-order valence-electron chi connectivity index (χ2n) is 10.1. The van der Waals surface area contributed by atoms with Gasteiger partial charge >= 0.3 is 0 Å². The number of hydrogen-bond donors (Lipinski definition) is 3. The Balaban J connectivity index is 1.42. The molecule has 1 aromatic heterocycles. The van der Waals surface area contributed by atoms with E-state index in [1.54, 1.807) is 48.7 Å². The van der Waals surface area contributed by atoms with Gasteiger partial charge in [0, 0.05) is 31.4 Å². The largest absolute Gasteiger partial charge is 0.344 e. The van der Waals surface area contributed by atoms with Crippen LogP contribution in [0.25, 0.3) is 0 Å². The van der Waals surface area contributed by atoms with Crippen LogP contribution < -0.4 is 16.0 Å². The summed E-state index contributed by atoms with van der Waals surface area (Å²) in [5.41, 5.74) is 1.33. The van der Waals surface area contributed by atoms with Gasteiger partial charge in [-0.15, -0.1) is 0 Å². The smallest absolute Gasteiger partial charge is 0.289 e. The first-order chi connectivity index (χ1) is 18.2. The number of nitrogens with zero attached hydrogens (tertiary/aromatic N) is 1. The third kappa shape index (κ3) is 7.66. The van der Waals surface area contributed by atoms with E-state index in [-0.39, 0.29) is 44.6 Å². The average molecular weight is 527 g/mol. The quantitative estimate of drug-likeness (QED) is 0.389. The lowest BCUT2D eigenvalue weighted by Gasteiger charge is -2.29. The highest BCUT2D eigenvalue weighted by atomic mass is 19.3. The van der Waals surface area contributed by atoms with E-state index in [0.29, 0.717) is 5.69 Å². The number of benzene rings is 1. The number of alkyl halides is 2. The van der Waals surface area contributed by atoms with Crippen molar-refractivity contribution in [2.45, 2.75) is 69.5 Å². The van der Waals surface area contributed by atoms with Gasteiger partial charge in [0.1, 0.15) is 12.1 Å². The lowest BCUT2D eigenvalue weighted by Crippen LogP contribution is -2.56. The maximum absolute atomic E-state index is 13.5. The van der Waals surface area contributed by atoms with Crippen LogP contribution in [0, 0.1) is 11.8 Å². The molecule has 3 amide bonds. The third-order valence-corrected chi connectivity index (χ3v) is 7.06. The maximum Gasteiger partial charge on any atom is 0.289 e. The zero-order valence-electron chi connectivity index (χ0n) is 21.0. The Labute approximate surface area is 220 Å². The number of Topliss-reactive ketones (excluding diaryl/α,β-unsaturated/α-hetero) is 1. The highest BCUT2D eigenvalue weighted by Gasteiger charge is 2.42. The van der Waals surface area contributed by atoms with E-state index in [0.717, 1.165) is 18.4 Å². The third-order valence-electron chi connectivity index (χ3n) is 7.06. The highest BCUT2D eigenvalue weighted by molar-refractivity contribution is 6.38. The number of amides is 3. The second-order valence-corrected chi connectivity index (χ2v) is 10.1. The molecule has 2 aliphatic rings. The van der Waals surface area contributed by atoms with Gasteiger partial charge in [-0.2, -0.15) is 0 Å². The Bertz CT molecular complexity index is 1130. The lowest BCUT2D eigenvalue weighted by molar-refractivity contribution is -0.141. The van der Waals surface area contributed by atoms with Crippen molar-refractivity contribution >= 4 is 23.5 Å². The zero-order chi connectivity index (χ0) is 27.1. The SMILES string of the molecule is O=C(NCc1ccccn1)C(=O)[C@@H](Cc1ccccc1)NC(=O)[C@H](NC(=O)C1CCC(F)(F)CC1)C1CC1. The number of hydrogen-bond acceptors (Lipinski definition) is 5. The molecule has 0 bridgehead atoms. The van der Waals surface area contributed by atoms with Gasteiger partial charge in [-0.3, -0.25) is 24.2 Å². The summed E-state index contributed by atoms with van der Waals surface area (Å²) in [6.07, 6.45) is 2.52. The molecule has 10 heteroatoms. The summed E-state index contributed by atoms with van der Waals surface area (Å²) in [5.74, 6) is -6.09. The van der Waals surface area contributed by atoms with Crippen LogP contribution in [-0.2, 0) is 32.1 Å². The van der Waals surface area contributed by atoms with Crippen LogP contribution in [0.4, 0.5) is 8.78 Å². The van der Waals surface area contributed by atoms with Crippen molar-refractivity contribution in [2.24, 2.45) is 11.8 Å². The van der Waals surface area contributed by atoms with E-state index in [1.807, 2.05) is 6.07 Å². The second kappa shape index (κ2) is 12.2. The topological polar surface area (TPSA) is 117 Å². The molecule has 0 aliphatic heterocycles.